The molecule has 4 heteroatoms. The molecule has 2 nitrogen and oxygen atoms in total. The maximum absolute atomic E-state index is 15.5. The first-order valence-electron chi connectivity index (χ1n) is 7.81. The van der Waals surface area contributed by atoms with Crippen molar-refractivity contribution in [1.82, 2.24) is 0 Å². The summed E-state index contributed by atoms with van der Waals surface area (Å²) in [6.45, 7) is 0.353. The van der Waals surface area contributed by atoms with Crippen LogP contribution < -0.4 is 0 Å². The molecule has 1 aromatic carbocycles. The third-order valence-corrected chi connectivity index (χ3v) is 5.33. The first-order chi connectivity index (χ1) is 10.0. The highest BCUT2D eigenvalue weighted by atomic mass is 35.5. The van der Waals surface area contributed by atoms with Crippen molar-refractivity contribution in [2.24, 2.45) is 0 Å². The molecular weight excluding hydrogens is 291 g/mol. The molecule has 0 aromatic heterocycles. The predicted octanol–water partition coefficient (Wildman–Crippen LogP) is 4.60. The highest BCUT2D eigenvalue weighted by molar-refractivity contribution is 6.30. The van der Waals surface area contributed by atoms with Crippen molar-refractivity contribution in [2.45, 2.75) is 62.3 Å². The fourth-order valence-electron chi connectivity index (χ4n) is 3.72. The van der Waals surface area contributed by atoms with E-state index in [1.165, 1.54) is 0 Å². The van der Waals surface area contributed by atoms with Gasteiger partial charge in [0.25, 0.3) is 0 Å². The van der Waals surface area contributed by atoms with E-state index in [1.807, 2.05) is 12.1 Å². The Morgan fingerprint density at radius 3 is 2.43 bits per heavy atom. The van der Waals surface area contributed by atoms with Crippen molar-refractivity contribution in [1.29, 1.82) is 0 Å². The zero-order chi connectivity index (χ0) is 14.9. The van der Waals surface area contributed by atoms with Crippen LogP contribution in [0.15, 0.2) is 24.3 Å². The Labute approximate surface area is 130 Å². The number of hydrogen-bond acceptors (Lipinski definition) is 2. The predicted molar refractivity (Wildman–Crippen MR) is 81.3 cm³/mol. The highest BCUT2D eigenvalue weighted by Crippen LogP contribution is 2.48. The Morgan fingerprint density at radius 2 is 1.76 bits per heavy atom. The molecule has 0 spiro atoms. The molecule has 0 bridgehead atoms. The monoisotopic (exact) mass is 312 g/mol. The standard InChI is InChI=1S/C17H22ClFO2/c18-14-6-4-13(5-7-14)15-12-16(19,10-11-21-15)17(20)8-2-1-3-9-17/h4-7,15,20H,1-3,8-12H2. The van der Waals surface area contributed by atoms with Gasteiger partial charge in [0, 0.05) is 17.9 Å². The van der Waals surface area contributed by atoms with E-state index in [0.717, 1.165) is 24.8 Å². The number of aliphatic hydroxyl groups is 1. The van der Waals surface area contributed by atoms with E-state index in [0.29, 0.717) is 24.5 Å². The molecule has 1 saturated carbocycles. The Bertz CT molecular complexity index is 484. The summed E-state index contributed by atoms with van der Waals surface area (Å²) < 4.78 is 21.2. The molecule has 0 amide bonds. The smallest absolute Gasteiger partial charge is 0.144 e. The van der Waals surface area contributed by atoms with Gasteiger partial charge in [-0.25, -0.2) is 4.39 Å². The van der Waals surface area contributed by atoms with Crippen LogP contribution in [0.1, 0.15) is 56.6 Å². The molecule has 116 valence electrons. The Balaban J connectivity index is 1.79. The van der Waals surface area contributed by atoms with E-state index in [2.05, 4.69) is 0 Å². The molecule has 2 unspecified atom stereocenters. The van der Waals surface area contributed by atoms with Gasteiger partial charge in [-0.05, 0) is 30.5 Å². The van der Waals surface area contributed by atoms with E-state index in [4.69, 9.17) is 16.3 Å². The lowest BCUT2D eigenvalue weighted by molar-refractivity contribution is -0.180. The maximum Gasteiger partial charge on any atom is 0.144 e. The average molecular weight is 313 g/mol. The number of alkyl halides is 1. The number of hydrogen-bond donors (Lipinski definition) is 1. The lowest BCUT2D eigenvalue weighted by atomic mass is 9.69. The SMILES string of the molecule is OC1(C2(F)CCOC(c3ccc(Cl)cc3)C2)CCCCC1. The molecule has 2 fully saturated rings. The normalized spacial score (nSPS) is 32.8. The minimum Gasteiger partial charge on any atom is -0.387 e. The second-order valence-electron chi connectivity index (χ2n) is 6.42. The lowest BCUT2D eigenvalue weighted by Crippen LogP contribution is -2.55. The highest BCUT2D eigenvalue weighted by Gasteiger charge is 2.53. The molecule has 1 aromatic rings. The Kier molecular flexibility index (Phi) is 4.26. The third-order valence-electron chi connectivity index (χ3n) is 5.08. The van der Waals surface area contributed by atoms with E-state index in [9.17, 15) is 5.11 Å². The second kappa shape index (κ2) is 5.86. The Hall–Kier alpha value is -0.640. The molecule has 1 saturated heterocycles. The van der Waals surface area contributed by atoms with Crippen LogP contribution in [-0.4, -0.2) is 23.0 Å². The van der Waals surface area contributed by atoms with Crippen LogP contribution in [0.5, 0.6) is 0 Å². The van der Waals surface area contributed by atoms with Crippen LogP contribution in [0, 0.1) is 0 Å². The first-order valence-corrected chi connectivity index (χ1v) is 8.19. The summed E-state index contributed by atoms with van der Waals surface area (Å²) in [5, 5.41) is 11.5. The van der Waals surface area contributed by atoms with Crippen LogP contribution in [0.25, 0.3) is 0 Å². The average Bonchev–Trinajstić information content (AvgIpc) is 2.49. The fourth-order valence-corrected chi connectivity index (χ4v) is 3.84. The summed E-state index contributed by atoms with van der Waals surface area (Å²) >= 11 is 5.90. The van der Waals surface area contributed by atoms with Crippen molar-refractivity contribution >= 4 is 11.6 Å². The quantitative estimate of drug-likeness (QED) is 0.865. The zero-order valence-corrected chi connectivity index (χ0v) is 12.9. The minimum atomic E-state index is -1.55. The summed E-state index contributed by atoms with van der Waals surface area (Å²) in [6.07, 6.45) is 4.26. The largest absolute Gasteiger partial charge is 0.387 e. The Morgan fingerprint density at radius 1 is 1.10 bits per heavy atom. The van der Waals surface area contributed by atoms with Gasteiger partial charge in [-0.15, -0.1) is 0 Å². The molecule has 1 heterocycles. The van der Waals surface area contributed by atoms with Crippen LogP contribution in [0.3, 0.4) is 0 Å². The van der Waals surface area contributed by atoms with Gasteiger partial charge in [0.2, 0.25) is 0 Å². The van der Waals surface area contributed by atoms with Crippen LogP contribution in [-0.2, 0) is 4.74 Å². The molecule has 2 atom stereocenters. The van der Waals surface area contributed by atoms with E-state index in [1.54, 1.807) is 12.1 Å². The topological polar surface area (TPSA) is 29.5 Å². The van der Waals surface area contributed by atoms with Gasteiger partial charge in [0.1, 0.15) is 5.67 Å². The van der Waals surface area contributed by atoms with Crippen LogP contribution in [0.4, 0.5) is 4.39 Å². The van der Waals surface area contributed by atoms with Crippen molar-refractivity contribution in [2.75, 3.05) is 6.61 Å². The number of ether oxygens (including phenoxy) is 1. The summed E-state index contributed by atoms with van der Waals surface area (Å²) in [4.78, 5) is 0. The van der Waals surface area contributed by atoms with Gasteiger partial charge in [0.05, 0.1) is 18.3 Å². The molecule has 1 aliphatic carbocycles. The van der Waals surface area contributed by atoms with Gasteiger partial charge in [0.15, 0.2) is 0 Å². The first kappa shape index (κ1) is 15.3. The van der Waals surface area contributed by atoms with Gasteiger partial charge in [-0.3, -0.25) is 0 Å². The minimum absolute atomic E-state index is 0.227. The molecule has 1 aliphatic heterocycles. The molecule has 1 N–H and O–H groups in total. The summed E-state index contributed by atoms with van der Waals surface area (Å²) in [6, 6.07) is 7.35. The molecule has 3 rings (SSSR count). The number of halogens is 2. The third kappa shape index (κ3) is 2.96. The van der Waals surface area contributed by atoms with Crippen molar-refractivity contribution in [3.63, 3.8) is 0 Å². The summed E-state index contributed by atoms with van der Waals surface area (Å²) in [5.74, 6) is 0. The molecule has 2 aliphatic rings. The van der Waals surface area contributed by atoms with Crippen molar-refractivity contribution in [3.8, 4) is 0 Å². The molecular formula is C17H22ClFO2. The lowest BCUT2D eigenvalue weighted by Gasteiger charge is -2.47. The maximum atomic E-state index is 15.5. The van der Waals surface area contributed by atoms with Gasteiger partial charge in [-0.2, -0.15) is 0 Å². The summed E-state index contributed by atoms with van der Waals surface area (Å²) in [5.41, 5.74) is -1.80. The van der Waals surface area contributed by atoms with E-state index >= 15 is 4.39 Å². The van der Waals surface area contributed by atoms with Crippen molar-refractivity contribution < 1.29 is 14.2 Å². The van der Waals surface area contributed by atoms with Gasteiger partial charge < -0.3 is 9.84 Å². The van der Waals surface area contributed by atoms with E-state index in [-0.39, 0.29) is 18.9 Å². The van der Waals surface area contributed by atoms with Gasteiger partial charge >= 0.3 is 0 Å². The van der Waals surface area contributed by atoms with Crippen LogP contribution in [0.2, 0.25) is 5.02 Å². The van der Waals surface area contributed by atoms with Crippen molar-refractivity contribution in [3.05, 3.63) is 34.9 Å². The number of rotatable bonds is 2. The number of benzene rings is 1. The van der Waals surface area contributed by atoms with Gasteiger partial charge in [-0.1, -0.05) is 43.0 Å². The summed E-state index contributed by atoms with van der Waals surface area (Å²) in [7, 11) is 0. The fraction of sp³-hybridized carbons (Fsp3) is 0.647. The second-order valence-corrected chi connectivity index (χ2v) is 6.86. The van der Waals surface area contributed by atoms with Crippen LogP contribution >= 0.6 is 11.6 Å². The van der Waals surface area contributed by atoms with E-state index < -0.39 is 11.3 Å². The molecule has 0 radical (unpaired) electrons. The molecule has 21 heavy (non-hydrogen) atoms. The zero-order valence-electron chi connectivity index (χ0n) is 12.2.